The number of nitrogens with one attached hydrogen (secondary N) is 3. The second-order valence-corrected chi connectivity index (χ2v) is 5.70. The Morgan fingerprint density at radius 2 is 2.00 bits per heavy atom. The Morgan fingerprint density at radius 1 is 1.17 bits per heavy atom. The van der Waals surface area contributed by atoms with Crippen LogP contribution in [-0.2, 0) is 6.54 Å². The first-order valence-corrected chi connectivity index (χ1v) is 7.77. The van der Waals surface area contributed by atoms with Gasteiger partial charge in [-0.3, -0.25) is 4.79 Å². The van der Waals surface area contributed by atoms with Gasteiger partial charge in [-0.05, 0) is 36.2 Å². The first-order valence-electron chi connectivity index (χ1n) is 7.39. The van der Waals surface area contributed by atoms with Gasteiger partial charge >= 0.3 is 0 Å². The number of carbonyl (C=O) groups excluding carboxylic acids is 1. The number of hydrogen-bond donors (Lipinski definition) is 3. The summed E-state index contributed by atoms with van der Waals surface area (Å²) in [5, 5.41) is 16.9. The summed E-state index contributed by atoms with van der Waals surface area (Å²) in [7, 11) is 0. The smallest absolute Gasteiger partial charge is 0.275 e. The maximum absolute atomic E-state index is 12.4. The van der Waals surface area contributed by atoms with E-state index in [2.05, 4.69) is 26.0 Å². The van der Waals surface area contributed by atoms with Crippen LogP contribution in [0.15, 0.2) is 48.5 Å². The third kappa shape index (κ3) is 3.72. The number of aromatic nitrogens is 3. The Balaban J connectivity index is 1.70. The second kappa shape index (κ2) is 7.14. The molecule has 0 aliphatic carbocycles. The Hall–Kier alpha value is -2.86. The van der Waals surface area contributed by atoms with Gasteiger partial charge in [0.05, 0.1) is 0 Å². The lowest BCUT2D eigenvalue weighted by molar-refractivity contribution is 0.0946. The molecule has 0 bridgehead atoms. The van der Waals surface area contributed by atoms with E-state index in [0.717, 1.165) is 16.8 Å². The highest BCUT2D eigenvalue weighted by Crippen LogP contribution is 2.20. The van der Waals surface area contributed by atoms with Crippen molar-refractivity contribution in [3.8, 4) is 0 Å². The number of hydrogen-bond acceptors (Lipinski definition) is 4. The summed E-state index contributed by atoms with van der Waals surface area (Å²) in [6, 6.07) is 15.0. The topological polar surface area (TPSA) is 82.7 Å². The zero-order valence-electron chi connectivity index (χ0n) is 13.0. The van der Waals surface area contributed by atoms with Gasteiger partial charge in [-0.2, -0.15) is 5.21 Å². The van der Waals surface area contributed by atoms with E-state index < -0.39 is 0 Å². The molecule has 0 saturated carbocycles. The molecule has 0 spiro atoms. The van der Waals surface area contributed by atoms with Crippen molar-refractivity contribution in [2.24, 2.45) is 0 Å². The molecule has 0 aliphatic rings. The van der Waals surface area contributed by atoms with Gasteiger partial charge in [0, 0.05) is 17.3 Å². The lowest BCUT2D eigenvalue weighted by atomic mass is 10.1. The van der Waals surface area contributed by atoms with Crippen LogP contribution in [0, 0.1) is 6.92 Å². The molecule has 0 fully saturated rings. The van der Waals surface area contributed by atoms with Crippen LogP contribution >= 0.6 is 11.6 Å². The van der Waals surface area contributed by atoms with Gasteiger partial charge in [-0.25, -0.2) is 0 Å². The molecule has 3 rings (SSSR count). The monoisotopic (exact) mass is 341 g/mol. The molecular weight excluding hydrogens is 326 g/mol. The van der Waals surface area contributed by atoms with Crippen molar-refractivity contribution in [3.63, 3.8) is 0 Å². The largest absolute Gasteiger partial charge is 0.346 e. The van der Waals surface area contributed by atoms with Crippen LogP contribution in [0.2, 0.25) is 5.02 Å². The highest BCUT2D eigenvalue weighted by atomic mass is 35.5. The predicted octanol–water partition coefficient (Wildman–Crippen LogP) is 3.44. The van der Waals surface area contributed by atoms with Crippen LogP contribution in [0.1, 0.15) is 21.6 Å². The van der Waals surface area contributed by atoms with Crippen LogP contribution in [-0.4, -0.2) is 21.3 Å². The van der Waals surface area contributed by atoms with E-state index in [1.165, 1.54) is 0 Å². The predicted molar refractivity (Wildman–Crippen MR) is 93.5 cm³/mol. The van der Waals surface area contributed by atoms with Crippen LogP contribution in [0.25, 0.3) is 0 Å². The molecule has 1 aromatic heterocycles. The zero-order valence-corrected chi connectivity index (χ0v) is 13.8. The first kappa shape index (κ1) is 16.0. The van der Waals surface area contributed by atoms with E-state index in [1.807, 2.05) is 43.3 Å². The van der Waals surface area contributed by atoms with Crippen molar-refractivity contribution in [3.05, 3.63) is 70.4 Å². The quantitative estimate of drug-likeness (QED) is 0.664. The van der Waals surface area contributed by atoms with Crippen molar-refractivity contribution in [1.29, 1.82) is 0 Å². The minimum Gasteiger partial charge on any atom is -0.346 e. The molecule has 7 heteroatoms. The highest BCUT2D eigenvalue weighted by molar-refractivity contribution is 6.30. The number of halogens is 1. The molecule has 6 nitrogen and oxygen atoms in total. The number of aryl methyl sites for hydroxylation is 1. The lowest BCUT2D eigenvalue weighted by Crippen LogP contribution is -2.24. The molecule has 0 aliphatic heterocycles. The number of nitrogens with zero attached hydrogens (tertiary/aromatic N) is 2. The average molecular weight is 342 g/mol. The molecule has 1 heterocycles. The van der Waals surface area contributed by atoms with Gasteiger partial charge in [0.2, 0.25) is 0 Å². The van der Waals surface area contributed by atoms with Gasteiger partial charge in [0.1, 0.15) is 0 Å². The minimum absolute atomic E-state index is 0.198. The van der Waals surface area contributed by atoms with Gasteiger partial charge in [-0.1, -0.05) is 41.9 Å². The SMILES string of the molecule is Cc1ccccc1CNC(=O)c1n[nH]nc1Nc1cccc(Cl)c1. The molecular formula is C17H16ClN5O. The van der Waals surface area contributed by atoms with Crippen LogP contribution < -0.4 is 10.6 Å². The zero-order chi connectivity index (χ0) is 16.9. The normalized spacial score (nSPS) is 10.4. The van der Waals surface area contributed by atoms with Crippen molar-refractivity contribution in [1.82, 2.24) is 20.7 Å². The molecule has 0 atom stereocenters. The van der Waals surface area contributed by atoms with Crippen molar-refractivity contribution in [2.75, 3.05) is 5.32 Å². The fourth-order valence-electron chi connectivity index (χ4n) is 2.25. The molecule has 0 radical (unpaired) electrons. The number of H-pyrrole nitrogens is 1. The van der Waals surface area contributed by atoms with E-state index in [9.17, 15) is 4.79 Å². The Kier molecular flexibility index (Phi) is 4.77. The highest BCUT2D eigenvalue weighted by Gasteiger charge is 2.16. The number of anilines is 2. The fourth-order valence-corrected chi connectivity index (χ4v) is 2.44. The third-order valence-corrected chi connectivity index (χ3v) is 3.79. The lowest BCUT2D eigenvalue weighted by Gasteiger charge is -2.08. The van der Waals surface area contributed by atoms with E-state index >= 15 is 0 Å². The summed E-state index contributed by atoms with van der Waals surface area (Å²) in [5.41, 5.74) is 3.10. The Morgan fingerprint density at radius 3 is 2.79 bits per heavy atom. The number of rotatable bonds is 5. The summed E-state index contributed by atoms with van der Waals surface area (Å²) in [4.78, 5) is 12.4. The van der Waals surface area contributed by atoms with Crippen LogP contribution in [0.3, 0.4) is 0 Å². The molecule has 0 unspecified atom stereocenters. The van der Waals surface area contributed by atoms with E-state index in [4.69, 9.17) is 11.6 Å². The minimum atomic E-state index is -0.309. The van der Waals surface area contributed by atoms with Gasteiger partial charge in [0.25, 0.3) is 5.91 Å². The van der Waals surface area contributed by atoms with Crippen molar-refractivity contribution in [2.45, 2.75) is 13.5 Å². The molecule has 122 valence electrons. The number of aromatic amines is 1. The summed E-state index contributed by atoms with van der Waals surface area (Å²) in [6.07, 6.45) is 0. The maximum atomic E-state index is 12.4. The number of amides is 1. The van der Waals surface area contributed by atoms with E-state index in [-0.39, 0.29) is 11.6 Å². The molecule has 24 heavy (non-hydrogen) atoms. The molecule has 3 aromatic rings. The Bertz CT molecular complexity index is 861. The van der Waals surface area contributed by atoms with Gasteiger partial charge in [-0.15, -0.1) is 10.2 Å². The third-order valence-electron chi connectivity index (χ3n) is 3.55. The van der Waals surface area contributed by atoms with Crippen molar-refractivity contribution >= 4 is 29.0 Å². The maximum Gasteiger partial charge on any atom is 0.275 e. The standard InChI is InChI=1S/C17H16ClN5O/c1-11-5-2-3-6-12(11)10-19-17(24)15-16(22-23-21-15)20-14-8-4-7-13(18)9-14/h2-9H,10H2,1H3,(H,19,24)(H2,20,21,22,23). The van der Waals surface area contributed by atoms with Gasteiger partial charge < -0.3 is 10.6 Å². The average Bonchev–Trinajstić information content (AvgIpc) is 3.02. The summed E-state index contributed by atoms with van der Waals surface area (Å²) < 4.78 is 0. The van der Waals surface area contributed by atoms with Crippen LogP contribution in [0.5, 0.6) is 0 Å². The molecule has 1 amide bonds. The fraction of sp³-hybridized carbons (Fsp3) is 0.118. The van der Waals surface area contributed by atoms with E-state index in [1.54, 1.807) is 12.1 Å². The summed E-state index contributed by atoms with van der Waals surface area (Å²) >= 11 is 5.96. The molecule has 0 saturated heterocycles. The van der Waals surface area contributed by atoms with Crippen LogP contribution in [0.4, 0.5) is 11.5 Å². The summed E-state index contributed by atoms with van der Waals surface area (Å²) in [5.74, 6) is 0.0380. The first-order chi connectivity index (χ1) is 11.6. The van der Waals surface area contributed by atoms with Gasteiger partial charge in [0.15, 0.2) is 11.5 Å². The van der Waals surface area contributed by atoms with Crippen molar-refractivity contribution < 1.29 is 4.79 Å². The number of carbonyl (C=O) groups is 1. The Labute approximate surface area is 144 Å². The van der Waals surface area contributed by atoms with E-state index in [0.29, 0.717) is 17.4 Å². The number of benzene rings is 2. The second-order valence-electron chi connectivity index (χ2n) is 5.27. The molecule has 3 N–H and O–H groups in total. The molecule has 2 aromatic carbocycles. The summed E-state index contributed by atoms with van der Waals surface area (Å²) in [6.45, 7) is 2.43.